The summed E-state index contributed by atoms with van der Waals surface area (Å²) in [6, 6.07) is 3.38. The van der Waals surface area contributed by atoms with Crippen molar-refractivity contribution in [3.63, 3.8) is 0 Å². The van der Waals surface area contributed by atoms with Gasteiger partial charge < -0.3 is 0 Å². The molecular formula is C7H15ClSi. The third-order valence-corrected chi connectivity index (χ3v) is 7.40. The molecule has 0 radical (unpaired) electrons. The summed E-state index contributed by atoms with van der Waals surface area (Å²) < 4.78 is 0. The first-order valence-corrected chi connectivity index (χ1v) is 7.11. The highest BCUT2D eigenvalue weighted by Crippen LogP contribution is 2.24. The van der Waals surface area contributed by atoms with Crippen LogP contribution in [0.15, 0.2) is 12.7 Å². The van der Waals surface area contributed by atoms with E-state index in [2.05, 4.69) is 20.4 Å². The summed E-state index contributed by atoms with van der Waals surface area (Å²) in [5.74, 6) is 0. The molecule has 0 unspecified atom stereocenters. The molecule has 0 aliphatic carbocycles. The molecule has 0 bridgehead atoms. The fraction of sp³-hybridized carbons (Fsp3) is 0.714. The minimum Gasteiger partial charge on any atom is -0.167 e. The molecule has 0 saturated heterocycles. The van der Waals surface area contributed by atoms with Crippen LogP contribution in [0.5, 0.6) is 0 Å². The van der Waals surface area contributed by atoms with Crippen molar-refractivity contribution in [2.75, 3.05) is 0 Å². The van der Waals surface area contributed by atoms with Gasteiger partial charge in [-0.25, -0.2) is 0 Å². The zero-order valence-electron chi connectivity index (χ0n) is 6.28. The van der Waals surface area contributed by atoms with E-state index in [1.807, 2.05) is 6.08 Å². The molecule has 2 heteroatoms. The normalized spacial score (nSPS) is 11.4. The molecule has 0 aromatic carbocycles. The van der Waals surface area contributed by atoms with Gasteiger partial charge in [-0.2, -0.15) is 11.1 Å². The zero-order chi connectivity index (χ0) is 7.33. The minimum atomic E-state index is -1.34. The van der Waals surface area contributed by atoms with Gasteiger partial charge in [0.05, 0.1) is 0 Å². The lowest BCUT2D eigenvalue weighted by molar-refractivity contribution is 1.26. The summed E-state index contributed by atoms with van der Waals surface area (Å²) in [5, 5.41) is 0. The van der Waals surface area contributed by atoms with E-state index in [0.29, 0.717) is 0 Å². The van der Waals surface area contributed by atoms with Crippen LogP contribution in [0, 0.1) is 0 Å². The van der Waals surface area contributed by atoms with E-state index in [-0.39, 0.29) is 0 Å². The Morgan fingerprint density at radius 1 is 1.44 bits per heavy atom. The Morgan fingerprint density at radius 3 is 2.00 bits per heavy atom. The van der Waals surface area contributed by atoms with Crippen LogP contribution < -0.4 is 0 Å². The van der Waals surface area contributed by atoms with Crippen LogP contribution in [-0.4, -0.2) is 7.38 Å². The maximum atomic E-state index is 6.28. The third-order valence-electron chi connectivity index (χ3n) is 1.78. The lowest BCUT2D eigenvalue weighted by atomic mass is 10.8. The summed E-state index contributed by atoms with van der Waals surface area (Å²) >= 11 is 6.28. The van der Waals surface area contributed by atoms with E-state index in [0.717, 1.165) is 18.1 Å². The fourth-order valence-corrected chi connectivity index (χ4v) is 2.72. The summed E-state index contributed by atoms with van der Waals surface area (Å²) in [5.41, 5.74) is 0. The second-order valence-electron chi connectivity index (χ2n) is 2.35. The van der Waals surface area contributed by atoms with E-state index < -0.39 is 7.38 Å². The van der Waals surface area contributed by atoms with Crippen molar-refractivity contribution in [1.82, 2.24) is 0 Å². The predicted molar refractivity (Wildman–Crippen MR) is 47.6 cm³/mol. The van der Waals surface area contributed by atoms with Crippen LogP contribution in [0.3, 0.4) is 0 Å². The van der Waals surface area contributed by atoms with Crippen molar-refractivity contribution in [2.24, 2.45) is 0 Å². The van der Waals surface area contributed by atoms with Crippen molar-refractivity contribution < 1.29 is 0 Å². The molecule has 0 aliphatic rings. The molecule has 0 heterocycles. The average molecular weight is 163 g/mol. The largest absolute Gasteiger partial charge is 0.167 e. The van der Waals surface area contributed by atoms with E-state index in [1.54, 1.807) is 0 Å². The van der Waals surface area contributed by atoms with Crippen LogP contribution in [0.2, 0.25) is 18.1 Å². The number of allylic oxidation sites excluding steroid dienone is 1. The Morgan fingerprint density at radius 2 is 1.89 bits per heavy atom. The average Bonchev–Trinajstić information content (AvgIpc) is 1.89. The van der Waals surface area contributed by atoms with Crippen molar-refractivity contribution in [3.05, 3.63) is 12.7 Å². The molecule has 0 spiro atoms. The first-order chi connectivity index (χ1) is 4.18. The molecule has 0 N–H and O–H groups in total. The van der Waals surface area contributed by atoms with Crippen molar-refractivity contribution >= 4 is 18.5 Å². The van der Waals surface area contributed by atoms with Crippen LogP contribution >= 0.6 is 11.1 Å². The molecule has 9 heavy (non-hydrogen) atoms. The van der Waals surface area contributed by atoms with Gasteiger partial charge in [0.1, 0.15) is 0 Å². The van der Waals surface area contributed by atoms with Gasteiger partial charge in [0.2, 0.25) is 0 Å². The SMILES string of the molecule is C=CC[Si](Cl)(CC)CC. The number of halogens is 1. The van der Waals surface area contributed by atoms with E-state index in [4.69, 9.17) is 11.1 Å². The summed E-state index contributed by atoms with van der Waals surface area (Å²) in [7, 11) is -1.34. The Kier molecular flexibility index (Phi) is 4.24. The molecule has 0 amide bonds. The molecule has 0 atom stereocenters. The summed E-state index contributed by atoms with van der Waals surface area (Å²) in [6.45, 7) is 8.04. The molecule has 0 saturated carbocycles. The molecule has 0 nitrogen and oxygen atoms in total. The van der Waals surface area contributed by atoms with Gasteiger partial charge >= 0.3 is 0 Å². The second kappa shape index (κ2) is 4.12. The van der Waals surface area contributed by atoms with Crippen LogP contribution in [0.4, 0.5) is 0 Å². The Hall–Kier alpha value is 0.247. The molecule has 0 aromatic rings. The van der Waals surface area contributed by atoms with Crippen LogP contribution in [0.1, 0.15) is 13.8 Å². The number of hydrogen-bond acceptors (Lipinski definition) is 0. The highest BCUT2D eigenvalue weighted by atomic mass is 35.6. The van der Waals surface area contributed by atoms with E-state index in [1.165, 1.54) is 0 Å². The monoisotopic (exact) mass is 162 g/mol. The van der Waals surface area contributed by atoms with Crippen molar-refractivity contribution in [3.8, 4) is 0 Å². The highest BCUT2D eigenvalue weighted by Gasteiger charge is 2.23. The zero-order valence-corrected chi connectivity index (χ0v) is 8.04. The van der Waals surface area contributed by atoms with Crippen LogP contribution in [-0.2, 0) is 0 Å². The van der Waals surface area contributed by atoms with Gasteiger partial charge in [-0.1, -0.05) is 19.9 Å². The lowest BCUT2D eigenvalue weighted by Gasteiger charge is -2.17. The smallest absolute Gasteiger partial charge is 0.159 e. The van der Waals surface area contributed by atoms with Gasteiger partial charge in [-0.3, -0.25) is 0 Å². The maximum Gasteiger partial charge on any atom is 0.159 e. The molecule has 0 rings (SSSR count). The van der Waals surface area contributed by atoms with Gasteiger partial charge in [0.15, 0.2) is 7.38 Å². The summed E-state index contributed by atoms with van der Waals surface area (Å²) in [6.07, 6.45) is 1.95. The topological polar surface area (TPSA) is 0 Å². The van der Waals surface area contributed by atoms with Gasteiger partial charge in [0.25, 0.3) is 0 Å². The Labute approximate surface area is 63.6 Å². The molecular weight excluding hydrogens is 148 g/mol. The molecule has 0 fully saturated rings. The highest BCUT2D eigenvalue weighted by molar-refractivity contribution is 7.20. The Balaban J connectivity index is 3.75. The molecule has 54 valence electrons. The standard InChI is InChI=1S/C7H15ClSi/c1-4-7-9(8,5-2)6-3/h4H,1,5-7H2,2-3H3. The maximum absolute atomic E-state index is 6.28. The molecule has 0 aromatic heterocycles. The predicted octanol–water partition coefficient (Wildman–Crippen LogP) is 3.40. The fourth-order valence-electron chi connectivity index (χ4n) is 0.797. The van der Waals surface area contributed by atoms with E-state index >= 15 is 0 Å². The third kappa shape index (κ3) is 3.07. The quantitative estimate of drug-likeness (QED) is 0.338. The van der Waals surface area contributed by atoms with Crippen molar-refractivity contribution in [2.45, 2.75) is 32.0 Å². The van der Waals surface area contributed by atoms with E-state index in [9.17, 15) is 0 Å². The molecule has 0 aliphatic heterocycles. The minimum absolute atomic E-state index is 1.06. The first kappa shape index (κ1) is 9.25. The summed E-state index contributed by atoms with van der Waals surface area (Å²) in [4.78, 5) is 0. The van der Waals surface area contributed by atoms with Gasteiger partial charge in [-0.05, 0) is 18.1 Å². The van der Waals surface area contributed by atoms with Gasteiger partial charge in [-0.15, -0.1) is 6.58 Å². The lowest BCUT2D eigenvalue weighted by Crippen LogP contribution is -2.22. The number of hydrogen-bond donors (Lipinski definition) is 0. The van der Waals surface area contributed by atoms with Crippen LogP contribution in [0.25, 0.3) is 0 Å². The van der Waals surface area contributed by atoms with Crippen molar-refractivity contribution in [1.29, 1.82) is 0 Å². The first-order valence-electron chi connectivity index (χ1n) is 3.48. The number of rotatable bonds is 4. The van der Waals surface area contributed by atoms with Gasteiger partial charge in [0, 0.05) is 0 Å². The second-order valence-corrected chi connectivity index (χ2v) is 8.88. The Bertz CT molecular complexity index is 86.9.